The van der Waals surface area contributed by atoms with Crippen LogP contribution in [0.3, 0.4) is 0 Å². The highest BCUT2D eigenvalue weighted by atomic mass is 79.9. The van der Waals surface area contributed by atoms with Gasteiger partial charge in [0.05, 0.1) is 11.3 Å². The molecule has 1 amide bonds. The Morgan fingerprint density at radius 2 is 1.86 bits per heavy atom. The molecule has 1 N–H and O–H groups in total. The molecule has 1 aliphatic heterocycles. The second-order valence-corrected chi connectivity index (χ2v) is 6.77. The number of aromatic hydroxyl groups is 1. The first kappa shape index (κ1) is 15.1. The lowest BCUT2D eigenvalue weighted by atomic mass is 10.1. The summed E-state index contributed by atoms with van der Waals surface area (Å²) in [5, 5.41) is 9.21. The van der Waals surface area contributed by atoms with Crippen LogP contribution in [-0.2, 0) is 4.79 Å². The van der Waals surface area contributed by atoms with Crippen LogP contribution in [0.25, 0.3) is 0 Å². The molecule has 1 aliphatic rings. The van der Waals surface area contributed by atoms with Gasteiger partial charge in [0, 0.05) is 10.2 Å². The summed E-state index contributed by atoms with van der Waals surface area (Å²) >= 11 is 4.62. The van der Waals surface area contributed by atoms with Crippen molar-refractivity contribution in [2.45, 2.75) is 5.37 Å². The average molecular weight is 378 g/mol. The fourth-order valence-electron chi connectivity index (χ4n) is 2.31. The summed E-state index contributed by atoms with van der Waals surface area (Å²) in [7, 11) is 0. The fourth-order valence-corrected chi connectivity index (χ4v) is 3.68. The number of phenols is 1. The first-order valence-electron chi connectivity index (χ1n) is 6.59. The Hall–Kier alpha value is -1.79. The molecule has 1 fully saturated rings. The largest absolute Gasteiger partial charge is 0.507 e. The van der Waals surface area contributed by atoms with Crippen LogP contribution in [-0.4, -0.2) is 27.9 Å². The minimum atomic E-state index is -0.651. The van der Waals surface area contributed by atoms with Gasteiger partial charge in [-0.3, -0.25) is 14.5 Å². The van der Waals surface area contributed by atoms with Crippen molar-refractivity contribution >= 4 is 45.1 Å². The molecule has 2 aromatic carbocycles. The van der Waals surface area contributed by atoms with Gasteiger partial charge in [-0.25, -0.2) is 0 Å². The van der Waals surface area contributed by atoms with Crippen molar-refractivity contribution in [2.75, 3.05) is 10.7 Å². The molecule has 112 valence electrons. The number of ketones is 1. The average Bonchev–Trinajstić information content (AvgIpc) is 2.90. The lowest BCUT2D eigenvalue weighted by Gasteiger charge is -2.23. The number of thioether (sulfide) groups is 1. The Morgan fingerprint density at radius 1 is 1.18 bits per heavy atom. The van der Waals surface area contributed by atoms with E-state index in [-0.39, 0.29) is 28.8 Å². The zero-order chi connectivity index (χ0) is 15.7. The Bertz CT molecular complexity index is 732. The molecule has 0 bridgehead atoms. The quantitative estimate of drug-likeness (QED) is 0.832. The number of hydrogen-bond acceptors (Lipinski definition) is 4. The van der Waals surface area contributed by atoms with Crippen LogP contribution < -0.4 is 4.90 Å². The van der Waals surface area contributed by atoms with E-state index < -0.39 is 5.37 Å². The van der Waals surface area contributed by atoms with Gasteiger partial charge in [0.1, 0.15) is 11.1 Å². The zero-order valence-electron chi connectivity index (χ0n) is 11.4. The number of phenolic OH excluding ortho intramolecular Hbond substituents is 1. The Morgan fingerprint density at radius 3 is 2.55 bits per heavy atom. The van der Waals surface area contributed by atoms with Gasteiger partial charge in [0.15, 0.2) is 5.78 Å². The van der Waals surface area contributed by atoms with Crippen LogP contribution in [0.5, 0.6) is 5.75 Å². The molecule has 1 saturated heterocycles. The van der Waals surface area contributed by atoms with E-state index in [4.69, 9.17) is 0 Å². The topological polar surface area (TPSA) is 57.6 Å². The van der Waals surface area contributed by atoms with Crippen LogP contribution in [0.4, 0.5) is 5.69 Å². The monoisotopic (exact) mass is 377 g/mol. The second kappa shape index (κ2) is 6.14. The number of nitrogens with zero attached hydrogens (tertiary/aromatic N) is 1. The molecule has 1 unspecified atom stereocenters. The molecule has 0 aliphatic carbocycles. The maximum absolute atomic E-state index is 12.7. The molecule has 3 rings (SSSR count). The zero-order valence-corrected chi connectivity index (χ0v) is 13.8. The number of para-hydroxylation sites is 1. The van der Waals surface area contributed by atoms with Gasteiger partial charge in [0.25, 0.3) is 0 Å². The summed E-state index contributed by atoms with van der Waals surface area (Å²) in [4.78, 5) is 26.3. The second-order valence-electron chi connectivity index (χ2n) is 4.78. The minimum Gasteiger partial charge on any atom is -0.507 e. The summed E-state index contributed by atoms with van der Waals surface area (Å²) in [5.41, 5.74) is 0.906. The number of Topliss-reactive ketones (excluding diaryl/α,β-unsaturated/α-hetero) is 1. The third kappa shape index (κ3) is 2.76. The van der Waals surface area contributed by atoms with Crippen LogP contribution in [0.15, 0.2) is 53.0 Å². The van der Waals surface area contributed by atoms with Gasteiger partial charge < -0.3 is 5.11 Å². The summed E-state index contributed by atoms with van der Waals surface area (Å²) in [6, 6.07) is 13.6. The smallest absolute Gasteiger partial charge is 0.238 e. The molecular formula is C16H12BrNO3S. The van der Waals surface area contributed by atoms with E-state index >= 15 is 0 Å². The fraction of sp³-hybridized carbons (Fsp3) is 0.125. The molecule has 22 heavy (non-hydrogen) atoms. The number of carbonyl (C=O) groups is 2. The van der Waals surface area contributed by atoms with E-state index in [1.54, 1.807) is 30.3 Å². The van der Waals surface area contributed by atoms with Crippen molar-refractivity contribution in [1.29, 1.82) is 0 Å². The SMILES string of the molecule is O=C(c1ccccc1O)C1SCC(=O)N1c1ccc(Br)cc1. The van der Waals surface area contributed by atoms with Crippen molar-refractivity contribution in [3.05, 3.63) is 58.6 Å². The molecule has 6 heteroatoms. The van der Waals surface area contributed by atoms with Crippen LogP contribution >= 0.6 is 27.7 Å². The van der Waals surface area contributed by atoms with Crippen molar-refractivity contribution in [3.8, 4) is 5.75 Å². The maximum atomic E-state index is 12.7. The number of carbonyl (C=O) groups excluding carboxylic acids is 2. The van der Waals surface area contributed by atoms with Gasteiger partial charge in [0.2, 0.25) is 5.91 Å². The number of anilines is 1. The van der Waals surface area contributed by atoms with Crippen molar-refractivity contribution in [3.63, 3.8) is 0 Å². The van der Waals surface area contributed by atoms with Gasteiger partial charge >= 0.3 is 0 Å². The van der Waals surface area contributed by atoms with E-state index in [0.717, 1.165) is 4.47 Å². The summed E-state index contributed by atoms with van der Waals surface area (Å²) in [6.07, 6.45) is 0. The highest BCUT2D eigenvalue weighted by Gasteiger charge is 2.38. The molecule has 2 aromatic rings. The number of amides is 1. The summed E-state index contributed by atoms with van der Waals surface area (Å²) in [6.45, 7) is 0. The van der Waals surface area contributed by atoms with E-state index in [1.165, 1.54) is 22.7 Å². The number of halogens is 1. The summed E-state index contributed by atoms with van der Waals surface area (Å²) < 4.78 is 0.902. The van der Waals surface area contributed by atoms with Gasteiger partial charge in [-0.1, -0.05) is 28.1 Å². The Kier molecular flexibility index (Phi) is 4.22. The first-order chi connectivity index (χ1) is 10.6. The molecular weight excluding hydrogens is 366 g/mol. The van der Waals surface area contributed by atoms with Crippen molar-refractivity contribution in [2.24, 2.45) is 0 Å². The van der Waals surface area contributed by atoms with Gasteiger partial charge in [-0.15, -0.1) is 11.8 Å². The highest BCUT2D eigenvalue weighted by molar-refractivity contribution is 9.10. The molecule has 1 atom stereocenters. The minimum absolute atomic E-state index is 0.0665. The lowest BCUT2D eigenvalue weighted by molar-refractivity contribution is -0.115. The van der Waals surface area contributed by atoms with Crippen LogP contribution in [0, 0.1) is 0 Å². The summed E-state index contributed by atoms with van der Waals surface area (Å²) in [5.74, 6) is -0.193. The first-order valence-corrected chi connectivity index (χ1v) is 8.43. The number of rotatable bonds is 3. The Balaban J connectivity index is 1.95. The van der Waals surface area contributed by atoms with Crippen molar-refractivity contribution < 1.29 is 14.7 Å². The standard InChI is InChI=1S/C16H12BrNO3S/c17-10-5-7-11(8-6-10)18-14(20)9-22-16(18)15(21)12-3-1-2-4-13(12)19/h1-8,16,19H,9H2. The lowest BCUT2D eigenvalue weighted by Crippen LogP contribution is -2.37. The van der Waals surface area contributed by atoms with Crippen LogP contribution in [0.1, 0.15) is 10.4 Å². The van der Waals surface area contributed by atoms with Crippen LogP contribution in [0.2, 0.25) is 0 Å². The molecule has 1 heterocycles. The molecule has 0 spiro atoms. The molecule has 0 radical (unpaired) electrons. The van der Waals surface area contributed by atoms with E-state index in [9.17, 15) is 14.7 Å². The van der Waals surface area contributed by atoms with E-state index in [2.05, 4.69) is 15.9 Å². The number of benzene rings is 2. The number of hydrogen-bond donors (Lipinski definition) is 1. The third-order valence-corrected chi connectivity index (χ3v) is 5.05. The Labute approximate surface area is 140 Å². The third-order valence-electron chi connectivity index (χ3n) is 3.37. The maximum Gasteiger partial charge on any atom is 0.238 e. The molecule has 4 nitrogen and oxygen atoms in total. The van der Waals surface area contributed by atoms with Gasteiger partial charge in [-0.2, -0.15) is 0 Å². The molecule has 0 saturated carbocycles. The predicted octanol–water partition coefficient (Wildman–Crippen LogP) is 3.44. The predicted molar refractivity (Wildman–Crippen MR) is 90.3 cm³/mol. The normalized spacial score (nSPS) is 17.8. The highest BCUT2D eigenvalue weighted by Crippen LogP contribution is 2.34. The van der Waals surface area contributed by atoms with E-state index in [1.807, 2.05) is 12.1 Å². The van der Waals surface area contributed by atoms with Crippen molar-refractivity contribution in [1.82, 2.24) is 0 Å². The van der Waals surface area contributed by atoms with Gasteiger partial charge in [-0.05, 0) is 36.4 Å². The molecule has 0 aromatic heterocycles. The van der Waals surface area contributed by atoms with E-state index in [0.29, 0.717) is 5.69 Å².